The molecule has 1 aliphatic rings. The Morgan fingerprint density at radius 3 is 2.38 bits per heavy atom. The highest BCUT2D eigenvalue weighted by Gasteiger charge is 2.21. The Bertz CT molecular complexity index is 175. The number of hydrogen-bond donors (Lipinski definition) is 0. The molecule has 0 aromatic rings. The average molecular weight is 184 g/mol. The van der Waals surface area contributed by atoms with Gasteiger partial charge in [-0.05, 0) is 26.7 Å². The Morgan fingerprint density at radius 1 is 1.38 bits per heavy atom. The molecule has 0 radical (unpaired) electrons. The Labute approximate surface area is 80.7 Å². The lowest BCUT2D eigenvalue weighted by molar-refractivity contribution is -0.129. The normalized spacial score (nSPS) is 18.4. The van der Waals surface area contributed by atoms with E-state index in [4.69, 9.17) is 4.74 Å². The SMILES string of the molecule is CC(C)(C)OCC(=O)CC1CCC1. The molecule has 13 heavy (non-hydrogen) atoms. The third-order valence-electron chi connectivity index (χ3n) is 2.41. The van der Waals surface area contributed by atoms with Gasteiger partial charge in [0.05, 0.1) is 5.60 Å². The molecule has 0 heterocycles. The first-order chi connectivity index (χ1) is 5.97. The summed E-state index contributed by atoms with van der Waals surface area (Å²) in [5.74, 6) is 0.927. The van der Waals surface area contributed by atoms with E-state index < -0.39 is 0 Å². The van der Waals surface area contributed by atoms with Gasteiger partial charge < -0.3 is 4.74 Å². The largest absolute Gasteiger partial charge is 0.368 e. The summed E-state index contributed by atoms with van der Waals surface area (Å²) < 4.78 is 5.41. The number of ether oxygens (including phenoxy) is 1. The zero-order valence-electron chi connectivity index (χ0n) is 8.93. The molecule has 1 fully saturated rings. The molecule has 0 amide bonds. The lowest BCUT2D eigenvalue weighted by Crippen LogP contribution is -2.25. The zero-order valence-corrected chi connectivity index (χ0v) is 8.93. The van der Waals surface area contributed by atoms with Crippen LogP contribution in [0.25, 0.3) is 0 Å². The Balaban J connectivity index is 2.10. The number of carbonyl (C=O) groups excluding carboxylic acids is 1. The highest BCUT2D eigenvalue weighted by Crippen LogP contribution is 2.29. The van der Waals surface area contributed by atoms with Crippen LogP contribution in [0.2, 0.25) is 0 Å². The minimum Gasteiger partial charge on any atom is -0.368 e. The summed E-state index contributed by atoms with van der Waals surface area (Å²) in [6.45, 7) is 6.22. The number of carbonyl (C=O) groups is 1. The molecule has 1 saturated carbocycles. The Morgan fingerprint density at radius 2 is 2.00 bits per heavy atom. The van der Waals surface area contributed by atoms with Gasteiger partial charge in [0.15, 0.2) is 5.78 Å². The minimum atomic E-state index is -0.185. The molecule has 1 aliphatic carbocycles. The van der Waals surface area contributed by atoms with Crippen LogP contribution < -0.4 is 0 Å². The van der Waals surface area contributed by atoms with E-state index in [1.54, 1.807) is 0 Å². The molecule has 0 aromatic carbocycles. The summed E-state index contributed by atoms with van der Waals surface area (Å²) in [4.78, 5) is 11.4. The predicted molar refractivity (Wildman–Crippen MR) is 52.7 cm³/mol. The third-order valence-corrected chi connectivity index (χ3v) is 2.41. The molecule has 0 N–H and O–H groups in total. The fourth-order valence-electron chi connectivity index (χ4n) is 1.37. The van der Waals surface area contributed by atoms with Crippen LogP contribution >= 0.6 is 0 Å². The Hall–Kier alpha value is -0.370. The predicted octanol–water partition coefficient (Wildman–Crippen LogP) is 2.56. The fraction of sp³-hybridized carbons (Fsp3) is 0.909. The van der Waals surface area contributed by atoms with E-state index in [1.165, 1.54) is 19.3 Å². The van der Waals surface area contributed by atoms with Gasteiger partial charge in [0.25, 0.3) is 0 Å². The summed E-state index contributed by atoms with van der Waals surface area (Å²) in [5, 5.41) is 0. The number of Topliss-reactive ketones (excluding diaryl/α,β-unsaturated/α-hetero) is 1. The molecule has 0 atom stereocenters. The van der Waals surface area contributed by atoms with E-state index in [0.717, 1.165) is 6.42 Å². The third kappa shape index (κ3) is 4.41. The highest BCUT2D eigenvalue weighted by atomic mass is 16.5. The molecule has 0 bridgehead atoms. The van der Waals surface area contributed by atoms with E-state index in [1.807, 2.05) is 20.8 Å². The van der Waals surface area contributed by atoms with Crippen molar-refractivity contribution in [2.24, 2.45) is 5.92 Å². The molecular weight excluding hydrogens is 164 g/mol. The maximum atomic E-state index is 11.4. The lowest BCUT2D eigenvalue weighted by Gasteiger charge is -2.25. The molecule has 1 rings (SSSR count). The molecule has 0 aliphatic heterocycles. The van der Waals surface area contributed by atoms with Crippen molar-refractivity contribution in [2.45, 2.75) is 52.1 Å². The van der Waals surface area contributed by atoms with Gasteiger partial charge in [0, 0.05) is 6.42 Å². The van der Waals surface area contributed by atoms with Crippen molar-refractivity contribution in [1.29, 1.82) is 0 Å². The van der Waals surface area contributed by atoms with Crippen LogP contribution in [0.15, 0.2) is 0 Å². The van der Waals surface area contributed by atoms with Gasteiger partial charge in [0.2, 0.25) is 0 Å². The first kappa shape index (κ1) is 10.7. The van der Waals surface area contributed by atoms with E-state index in [0.29, 0.717) is 12.5 Å². The molecule has 0 saturated heterocycles. The molecule has 0 spiro atoms. The first-order valence-corrected chi connectivity index (χ1v) is 5.13. The van der Waals surface area contributed by atoms with Crippen molar-refractivity contribution >= 4 is 5.78 Å². The van der Waals surface area contributed by atoms with Crippen LogP contribution in [0.1, 0.15) is 46.5 Å². The number of ketones is 1. The van der Waals surface area contributed by atoms with Crippen molar-refractivity contribution in [2.75, 3.05) is 6.61 Å². The van der Waals surface area contributed by atoms with Crippen molar-refractivity contribution in [3.8, 4) is 0 Å². The van der Waals surface area contributed by atoms with Crippen LogP contribution in [-0.4, -0.2) is 18.0 Å². The second kappa shape index (κ2) is 4.23. The summed E-state index contributed by atoms with van der Waals surface area (Å²) in [6, 6.07) is 0. The van der Waals surface area contributed by atoms with Gasteiger partial charge >= 0.3 is 0 Å². The zero-order chi connectivity index (χ0) is 9.90. The quantitative estimate of drug-likeness (QED) is 0.671. The van der Waals surface area contributed by atoms with Gasteiger partial charge in [-0.1, -0.05) is 19.3 Å². The van der Waals surface area contributed by atoms with Crippen molar-refractivity contribution in [1.82, 2.24) is 0 Å². The van der Waals surface area contributed by atoms with Crippen molar-refractivity contribution < 1.29 is 9.53 Å². The van der Waals surface area contributed by atoms with Gasteiger partial charge in [-0.3, -0.25) is 4.79 Å². The van der Waals surface area contributed by atoms with Crippen LogP contribution in [0.5, 0.6) is 0 Å². The van der Waals surface area contributed by atoms with E-state index in [2.05, 4.69) is 0 Å². The standard InChI is InChI=1S/C11H20O2/c1-11(2,3)13-8-10(12)7-9-5-4-6-9/h9H,4-8H2,1-3H3. The van der Waals surface area contributed by atoms with Crippen molar-refractivity contribution in [3.63, 3.8) is 0 Å². The first-order valence-electron chi connectivity index (χ1n) is 5.13. The topological polar surface area (TPSA) is 26.3 Å². The van der Waals surface area contributed by atoms with Gasteiger partial charge in [-0.2, -0.15) is 0 Å². The van der Waals surface area contributed by atoms with E-state index >= 15 is 0 Å². The van der Waals surface area contributed by atoms with Crippen LogP contribution in [-0.2, 0) is 9.53 Å². The second-order valence-electron chi connectivity index (χ2n) is 4.94. The maximum absolute atomic E-state index is 11.4. The smallest absolute Gasteiger partial charge is 0.158 e. The summed E-state index contributed by atoms with van der Waals surface area (Å²) in [5.41, 5.74) is -0.185. The summed E-state index contributed by atoms with van der Waals surface area (Å²) in [6.07, 6.45) is 4.51. The molecule has 2 nitrogen and oxygen atoms in total. The van der Waals surface area contributed by atoms with Crippen LogP contribution in [0.3, 0.4) is 0 Å². The second-order valence-corrected chi connectivity index (χ2v) is 4.94. The van der Waals surface area contributed by atoms with E-state index in [-0.39, 0.29) is 11.4 Å². The minimum absolute atomic E-state index is 0.185. The van der Waals surface area contributed by atoms with Crippen LogP contribution in [0.4, 0.5) is 0 Å². The van der Waals surface area contributed by atoms with Crippen LogP contribution in [0, 0.1) is 5.92 Å². The maximum Gasteiger partial charge on any atom is 0.158 e. The van der Waals surface area contributed by atoms with E-state index in [9.17, 15) is 4.79 Å². The number of rotatable bonds is 4. The molecule has 0 aromatic heterocycles. The lowest BCUT2D eigenvalue weighted by atomic mass is 9.82. The van der Waals surface area contributed by atoms with Gasteiger partial charge in [0.1, 0.15) is 6.61 Å². The fourth-order valence-corrected chi connectivity index (χ4v) is 1.37. The van der Waals surface area contributed by atoms with Gasteiger partial charge in [-0.25, -0.2) is 0 Å². The van der Waals surface area contributed by atoms with Crippen molar-refractivity contribution in [3.05, 3.63) is 0 Å². The summed E-state index contributed by atoms with van der Waals surface area (Å²) >= 11 is 0. The molecule has 0 unspecified atom stereocenters. The Kier molecular flexibility index (Phi) is 3.48. The van der Waals surface area contributed by atoms with Gasteiger partial charge in [-0.15, -0.1) is 0 Å². The molecular formula is C11H20O2. The summed E-state index contributed by atoms with van der Waals surface area (Å²) in [7, 11) is 0. The highest BCUT2D eigenvalue weighted by molar-refractivity contribution is 5.80. The molecule has 76 valence electrons. The number of hydrogen-bond acceptors (Lipinski definition) is 2. The average Bonchev–Trinajstić information content (AvgIpc) is 1.91. The monoisotopic (exact) mass is 184 g/mol. The molecule has 2 heteroatoms.